The SMILES string of the molecule is C=CCC(C=O)CC(C)CO[Si](c1ccccc1)(c1ccccc1)C(C)(C)C. The van der Waals surface area contributed by atoms with Gasteiger partial charge in [0, 0.05) is 12.5 Å². The van der Waals surface area contributed by atoms with Crippen LogP contribution in [0.1, 0.15) is 40.5 Å². The standard InChI is InChI=1S/C25H34O2Si/c1-6-13-22(19-26)18-21(2)20-27-28(25(3,4)5,23-14-9-7-10-15-23)24-16-11-8-12-17-24/h6-12,14-17,19,21-22H,1,13,18,20H2,2-5H3. The smallest absolute Gasteiger partial charge is 0.261 e. The van der Waals surface area contributed by atoms with Gasteiger partial charge < -0.3 is 9.22 Å². The van der Waals surface area contributed by atoms with E-state index in [9.17, 15) is 4.79 Å². The second-order valence-electron chi connectivity index (χ2n) is 8.74. The highest BCUT2D eigenvalue weighted by atomic mass is 28.4. The van der Waals surface area contributed by atoms with Crippen LogP contribution in [0.25, 0.3) is 0 Å². The van der Waals surface area contributed by atoms with Gasteiger partial charge in [-0.2, -0.15) is 0 Å². The van der Waals surface area contributed by atoms with Crippen LogP contribution >= 0.6 is 0 Å². The van der Waals surface area contributed by atoms with E-state index in [1.807, 2.05) is 6.08 Å². The van der Waals surface area contributed by atoms with Gasteiger partial charge in [-0.25, -0.2) is 0 Å². The van der Waals surface area contributed by atoms with Crippen LogP contribution in [0.4, 0.5) is 0 Å². The Labute approximate surface area is 171 Å². The van der Waals surface area contributed by atoms with E-state index in [0.717, 1.165) is 19.1 Å². The fourth-order valence-electron chi connectivity index (χ4n) is 4.04. The van der Waals surface area contributed by atoms with E-state index in [0.29, 0.717) is 12.5 Å². The molecule has 2 rings (SSSR count). The maximum atomic E-state index is 11.4. The van der Waals surface area contributed by atoms with Crippen molar-refractivity contribution in [2.45, 2.75) is 45.6 Å². The van der Waals surface area contributed by atoms with Crippen LogP contribution in [0.5, 0.6) is 0 Å². The minimum absolute atomic E-state index is 0.0234. The summed E-state index contributed by atoms with van der Waals surface area (Å²) in [6.45, 7) is 13.5. The first-order valence-corrected chi connectivity index (χ1v) is 12.1. The first-order valence-electron chi connectivity index (χ1n) is 10.2. The summed E-state index contributed by atoms with van der Waals surface area (Å²) in [7, 11) is -2.50. The molecule has 3 heteroatoms. The summed E-state index contributed by atoms with van der Waals surface area (Å²) in [5.41, 5.74) is 0. The molecule has 0 spiro atoms. The molecule has 150 valence electrons. The Morgan fingerprint density at radius 3 is 1.89 bits per heavy atom. The summed E-state index contributed by atoms with van der Waals surface area (Å²) < 4.78 is 6.95. The van der Waals surface area contributed by atoms with Gasteiger partial charge in [0.15, 0.2) is 0 Å². The van der Waals surface area contributed by atoms with E-state index in [2.05, 4.69) is 94.9 Å². The Morgan fingerprint density at radius 1 is 1.00 bits per heavy atom. The molecule has 0 fully saturated rings. The first kappa shape index (κ1) is 22.3. The molecule has 0 saturated carbocycles. The molecule has 0 heterocycles. The van der Waals surface area contributed by atoms with E-state index < -0.39 is 8.32 Å². The second-order valence-corrected chi connectivity index (χ2v) is 13.0. The number of hydrogen-bond acceptors (Lipinski definition) is 2. The van der Waals surface area contributed by atoms with E-state index in [1.165, 1.54) is 10.4 Å². The van der Waals surface area contributed by atoms with E-state index in [4.69, 9.17) is 4.43 Å². The number of rotatable bonds is 10. The van der Waals surface area contributed by atoms with Gasteiger partial charge in [-0.3, -0.25) is 0 Å². The molecule has 0 aliphatic rings. The average Bonchev–Trinajstić information content (AvgIpc) is 2.68. The Hall–Kier alpha value is -1.97. The van der Waals surface area contributed by atoms with Crippen LogP contribution in [0.3, 0.4) is 0 Å². The molecular weight excluding hydrogens is 360 g/mol. The van der Waals surface area contributed by atoms with Gasteiger partial charge in [0.25, 0.3) is 8.32 Å². The monoisotopic (exact) mass is 394 g/mol. The van der Waals surface area contributed by atoms with Gasteiger partial charge >= 0.3 is 0 Å². The van der Waals surface area contributed by atoms with Crippen molar-refractivity contribution in [1.82, 2.24) is 0 Å². The zero-order chi connectivity index (χ0) is 20.6. The van der Waals surface area contributed by atoms with Gasteiger partial charge in [-0.1, -0.05) is 94.4 Å². The van der Waals surface area contributed by atoms with Crippen LogP contribution in [-0.4, -0.2) is 21.2 Å². The van der Waals surface area contributed by atoms with Crippen molar-refractivity contribution in [2.75, 3.05) is 6.61 Å². The van der Waals surface area contributed by atoms with Crippen molar-refractivity contribution >= 4 is 25.0 Å². The summed E-state index contributed by atoms with van der Waals surface area (Å²) in [5, 5.41) is 2.55. The molecule has 2 unspecified atom stereocenters. The summed E-state index contributed by atoms with van der Waals surface area (Å²) in [6, 6.07) is 21.4. The number of aldehydes is 1. The van der Waals surface area contributed by atoms with Gasteiger partial charge in [0.1, 0.15) is 6.29 Å². The molecule has 0 aliphatic carbocycles. The van der Waals surface area contributed by atoms with Crippen LogP contribution in [0.2, 0.25) is 5.04 Å². The minimum Gasteiger partial charge on any atom is -0.407 e. The van der Waals surface area contributed by atoms with Gasteiger partial charge in [-0.05, 0) is 34.2 Å². The highest BCUT2D eigenvalue weighted by Crippen LogP contribution is 2.37. The van der Waals surface area contributed by atoms with Crippen molar-refractivity contribution < 1.29 is 9.22 Å². The van der Waals surface area contributed by atoms with Crippen molar-refractivity contribution in [3.8, 4) is 0 Å². The third-order valence-electron chi connectivity index (χ3n) is 5.37. The van der Waals surface area contributed by atoms with Crippen molar-refractivity contribution in [3.63, 3.8) is 0 Å². The minimum atomic E-state index is -2.50. The zero-order valence-electron chi connectivity index (χ0n) is 17.7. The number of allylic oxidation sites excluding steroid dienone is 1. The topological polar surface area (TPSA) is 26.3 Å². The van der Waals surface area contributed by atoms with Crippen LogP contribution in [0, 0.1) is 11.8 Å². The number of hydrogen-bond donors (Lipinski definition) is 0. The highest BCUT2D eigenvalue weighted by molar-refractivity contribution is 6.99. The number of carbonyl (C=O) groups is 1. The highest BCUT2D eigenvalue weighted by Gasteiger charge is 2.50. The maximum absolute atomic E-state index is 11.4. The second kappa shape index (κ2) is 9.99. The summed E-state index contributed by atoms with van der Waals surface area (Å²) in [6.07, 6.45) is 4.44. The van der Waals surface area contributed by atoms with E-state index in [1.54, 1.807) is 0 Å². The van der Waals surface area contributed by atoms with E-state index >= 15 is 0 Å². The lowest BCUT2D eigenvalue weighted by Gasteiger charge is -2.43. The molecule has 2 atom stereocenters. The van der Waals surface area contributed by atoms with Crippen LogP contribution in [-0.2, 0) is 9.22 Å². The van der Waals surface area contributed by atoms with Crippen molar-refractivity contribution in [2.24, 2.45) is 11.8 Å². The molecule has 2 nitrogen and oxygen atoms in total. The predicted molar refractivity (Wildman–Crippen MR) is 122 cm³/mol. The molecule has 0 saturated heterocycles. The van der Waals surface area contributed by atoms with Crippen LogP contribution < -0.4 is 10.4 Å². The first-order chi connectivity index (χ1) is 13.3. The number of carbonyl (C=O) groups excluding carboxylic acids is 1. The predicted octanol–water partition coefficient (Wildman–Crippen LogP) is 4.98. The molecule has 28 heavy (non-hydrogen) atoms. The molecule has 0 aromatic heterocycles. The summed E-state index contributed by atoms with van der Waals surface area (Å²) in [5.74, 6) is 0.326. The molecular formula is C25H34O2Si. The normalized spacial score (nSPS) is 14.3. The Balaban J connectivity index is 2.39. The molecule has 0 bridgehead atoms. The fourth-order valence-corrected chi connectivity index (χ4v) is 8.73. The lowest BCUT2D eigenvalue weighted by atomic mass is 9.95. The van der Waals surface area contributed by atoms with Gasteiger partial charge in [0.05, 0.1) is 0 Å². The summed E-state index contributed by atoms with van der Waals surface area (Å²) >= 11 is 0. The molecule has 0 amide bonds. The number of benzene rings is 2. The van der Waals surface area contributed by atoms with Crippen molar-refractivity contribution in [3.05, 3.63) is 73.3 Å². The molecule has 0 radical (unpaired) electrons. The largest absolute Gasteiger partial charge is 0.407 e. The third-order valence-corrected chi connectivity index (χ3v) is 10.4. The van der Waals surface area contributed by atoms with Crippen LogP contribution in [0.15, 0.2) is 73.3 Å². The lowest BCUT2D eigenvalue weighted by Crippen LogP contribution is -2.66. The van der Waals surface area contributed by atoms with Gasteiger partial charge in [0.2, 0.25) is 0 Å². The Bertz CT molecular complexity index is 695. The molecule has 0 N–H and O–H groups in total. The lowest BCUT2D eigenvalue weighted by molar-refractivity contribution is -0.111. The van der Waals surface area contributed by atoms with Gasteiger partial charge in [-0.15, -0.1) is 6.58 Å². The molecule has 2 aromatic rings. The summed E-state index contributed by atoms with van der Waals surface area (Å²) in [4.78, 5) is 11.4. The quantitative estimate of drug-likeness (QED) is 0.323. The third kappa shape index (κ3) is 5.09. The molecule has 0 aliphatic heterocycles. The maximum Gasteiger partial charge on any atom is 0.261 e. The molecule has 2 aromatic carbocycles. The Kier molecular flexibility index (Phi) is 7.96. The average molecular weight is 395 g/mol. The zero-order valence-corrected chi connectivity index (χ0v) is 18.7. The fraction of sp³-hybridized carbons (Fsp3) is 0.400. The van der Waals surface area contributed by atoms with Crippen molar-refractivity contribution in [1.29, 1.82) is 0 Å². The van der Waals surface area contributed by atoms with E-state index in [-0.39, 0.29) is 11.0 Å². The Morgan fingerprint density at radius 2 is 1.50 bits per heavy atom.